The summed E-state index contributed by atoms with van der Waals surface area (Å²) < 4.78 is 4.49. The van der Waals surface area contributed by atoms with E-state index in [0.717, 1.165) is 42.0 Å². The molecule has 0 spiro atoms. The van der Waals surface area contributed by atoms with Gasteiger partial charge in [-0.15, -0.1) is 0 Å². The zero-order valence-corrected chi connectivity index (χ0v) is 16.8. The molecule has 0 heterocycles. The molecule has 28 heavy (non-hydrogen) atoms. The fourth-order valence-electron chi connectivity index (χ4n) is 2.55. The maximum absolute atomic E-state index is 12.2. The smallest absolute Gasteiger partial charge is 0.330 e. The van der Waals surface area contributed by atoms with Gasteiger partial charge in [0.15, 0.2) is 11.6 Å². The van der Waals surface area contributed by atoms with Crippen LogP contribution in [0, 0.1) is 6.92 Å². The van der Waals surface area contributed by atoms with Crippen molar-refractivity contribution in [3.63, 3.8) is 0 Å². The number of anilines is 1. The zero-order chi connectivity index (χ0) is 21.1. The lowest BCUT2D eigenvalue weighted by Gasteiger charge is -2.14. The second-order valence-corrected chi connectivity index (χ2v) is 6.47. The van der Waals surface area contributed by atoms with Crippen LogP contribution in [0.15, 0.2) is 36.4 Å². The minimum absolute atomic E-state index is 0.159. The lowest BCUT2D eigenvalue weighted by Crippen LogP contribution is -2.12. The van der Waals surface area contributed by atoms with E-state index < -0.39 is 5.97 Å². The van der Waals surface area contributed by atoms with Crippen molar-refractivity contribution in [2.45, 2.75) is 46.5 Å². The first kappa shape index (κ1) is 23.0. The van der Waals surface area contributed by atoms with Gasteiger partial charge in [0.25, 0.3) is 0 Å². The number of aryl methyl sites for hydroxylation is 2. The Labute approximate surface area is 165 Å². The topological polar surface area (TPSA) is 89.5 Å². The Kier molecular flexibility index (Phi) is 9.57. The first-order valence-electron chi connectivity index (χ1n) is 9.17. The first-order chi connectivity index (χ1) is 13.3. The lowest BCUT2D eigenvalue weighted by molar-refractivity contribution is -0.135. The predicted octanol–water partition coefficient (Wildman–Crippen LogP) is 3.26. The summed E-state index contributed by atoms with van der Waals surface area (Å²) in [6.45, 7) is 5.29. The van der Waals surface area contributed by atoms with E-state index in [1.54, 1.807) is 0 Å². The third kappa shape index (κ3) is 8.12. The number of unbranched alkanes of at least 4 members (excludes halogenated alkanes) is 1. The number of carbonyl (C=O) groups is 4. The number of esters is 1. The third-order valence-corrected chi connectivity index (χ3v) is 4.04. The average Bonchev–Trinajstić information content (AvgIpc) is 2.65. The van der Waals surface area contributed by atoms with Crippen molar-refractivity contribution in [2.75, 3.05) is 12.4 Å². The fourth-order valence-corrected chi connectivity index (χ4v) is 2.55. The molecule has 1 aromatic carbocycles. The van der Waals surface area contributed by atoms with Crippen LogP contribution in [-0.4, -0.2) is 30.6 Å². The molecule has 6 heteroatoms. The van der Waals surface area contributed by atoms with E-state index in [1.165, 1.54) is 32.3 Å². The molecular formula is C22H27NO5. The van der Waals surface area contributed by atoms with Gasteiger partial charge in [-0.05, 0) is 61.6 Å². The molecule has 150 valence electrons. The molecule has 1 N–H and O–H groups in total. The number of ketones is 2. The van der Waals surface area contributed by atoms with Gasteiger partial charge in [0, 0.05) is 24.3 Å². The van der Waals surface area contributed by atoms with Crippen LogP contribution in [0.2, 0.25) is 0 Å². The number of ether oxygens (including phenoxy) is 1. The molecule has 1 aromatic rings. The Bertz CT molecular complexity index is 805. The molecule has 0 aliphatic rings. The van der Waals surface area contributed by atoms with E-state index >= 15 is 0 Å². The van der Waals surface area contributed by atoms with E-state index in [1.807, 2.05) is 19.1 Å². The number of rotatable bonds is 10. The number of nitrogens with one attached hydrogen (secondary N) is 1. The molecule has 0 aliphatic heterocycles. The maximum Gasteiger partial charge on any atom is 0.330 e. The second kappa shape index (κ2) is 11.6. The predicted molar refractivity (Wildman–Crippen MR) is 108 cm³/mol. The van der Waals surface area contributed by atoms with Crippen LogP contribution in [0.4, 0.5) is 5.69 Å². The van der Waals surface area contributed by atoms with E-state index in [4.69, 9.17) is 0 Å². The quantitative estimate of drug-likeness (QED) is 0.493. The Morgan fingerprint density at radius 2 is 1.75 bits per heavy atom. The van der Waals surface area contributed by atoms with Crippen LogP contribution in [-0.2, 0) is 36.8 Å². The number of hydrogen-bond acceptors (Lipinski definition) is 5. The van der Waals surface area contributed by atoms with Crippen LogP contribution in [0.25, 0.3) is 0 Å². The molecular weight excluding hydrogens is 358 g/mol. The van der Waals surface area contributed by atoms with Crippen molar-refractivity contribution in [1.82, 2.24) is 0 Å². The minimum atomic E-state index is -0.576. The number of carbonyl (C=O) groups excluding carboxylic acids is 4. The van der Waals surface area contributed by atoms with Crippen molar-refractivity contribution >= 4 is 29.1 Å². The summed E-state index contributed by atoms with van der Waals surface area (Å²) >= 11 is 0. The Morgan fingerprint density at radius 3 is 2.36 bits per heavy atom. The minimum Gasteiger partial charge on any atom is -0.466 e. The number of methoxy groups -OCH3 is 1. The summed E-state index contributed by atoms with van der Waals surface area (Å²) in [5.41, 5.74) is 3.29. The van der Waals surface area contributed by atoms with Crippen LogP contribution in [0.3, 0.4) is 0 Å². The van der Waals surface area contributed by atoms with Crippen molar-refractivity contribution in [2.24, 2.45) is 0 Å². The Hall–Kier alpha value is -3.02. The highest BCUT2D eigenvalue weighted by Gasteiger charge is 2.12. The van der Waals surface area contributed by atoms with Crippen molar-refractivity contribution in [1.29, 1.82) is 0 Å². The number of hydrogen-bond donors (Lipinski definition) is 1. The third-order valence-electron chi connectivity index (χ3n) is 4.04. The first-order valence-corrected chi connectivity index (χ1v) is 9.17. The van der Waals surface area contributed by atoms with Crippen molar-refractivity contribution in [3.8, 4) is 0 Å². The summed E-state index contributed by atoms with van der Waals surface area (Å²) in [7, 11) is 1.25. The van der Waals surface area contributed by atoms with Crippen LogP contribution < -0.4 is 5.32 Å². The van der Waals surface area contributed by atoms with Crippen molar-refractivity contribution < 1.29 is 23.9 Å². The average molecular weight is 385 g/mol. The summed E-state index contributed by atoms with van der Waals surface area (Å²) in [6.07, 6.45) is 7.60. The Balaban J connectivity index is 3.07. The summed E-state index contributed by atoms with van der Waals surface area (Å²) in [5.74, 6) is -1.37. The summed E-state index contributed by atoms with van der Waals surface area (Å²) in [6, 6.07) is 3.75. The lowest BCUT2D eigenvalue weighted by atomic mass is 9.95. The monoisotopic (exact) mass is 385 g/mol. The largest absolute Gasteiger partial charge is 0.466 e. The van der Waals surface area contributed by atoms with Gasteiger partial charge < -0.3 is 10.1 Å². The maximum atomic E-state index is 12.2. The normalized spacial score (nSPS) is 11.0. The summed E-state index contributed by atoms with van der Waals surface area (Å²) in [5, 5.41) is 2.77. The van der Waals surface area contributed by atoms with E-state index in [0.29, 0.717) is 5.69 Å². The number of benzene rings is 1. The number of amides is 1. The van der Waals surface area contributed by atoms with Gasteiger partial charge in [0.05, 0.1) is 7.11 Å². The Morgan fingerprint density at radius 1 is 1.04 bits per heavy atom. The molecule has 1 amide bonds. The van der Waals surface area contributed by atoms with Crippen LogP contribution in [0.1, 0.15) is 43.4 Å². The molecule has 0 saturated carbocycles. The highest BCUT2D eigenvalue weighted by molar-refractivity contribution is 6.04. The number of allylic oxidation sites excluding steroid dienone is 2. The molecule has 0 atom stereocenters. The SMILES string of the molecule is CCCCc1cc(NC(=O)/C=C\C(C)=O)c(C)cc1CC(=O)/C=C\C(=O)OC. The van der Waals surface area contributed by atoms with Gasteiger partial charge in [-0.25, -0.2) is 4.79 Å². The van der Waals surface area contributed by atoms with Gasteiger partial charge >= 0.3 is 5.97 Å². The fraction of sp³-hybridized carbons (Fsp3) is 0.364. The molecule has 6 nitrogen and oxygen atoms in total. The molecule has 0 radical (unpaired) electrons. The molecule has 1 rings (SSSR count). The molecule has 0 fully saturated rings. The van der Waals surface area contributed by atoms with Crippen LogP contribution >= 0.6 is 0 Å². The van der Waals surface area contributed by atoms with Gasteiger partial charge in [-0.3, -0.25) is 14.4 Å². The van der Waals surface area contributed by atoms with Gasteiger partial charge in [0.2, 0.25) is 5.91 Å². The second-order valence-electron chi connectivity index (χ2n) is 6.47. The van der Waals surface area contributed by atoms with Gasteiger partial charge in [-0.2, -0.15) is 0 Å². The van der Waals surface area contributed by atoms with E-state index in [-0.39, 0.29) is 23.9 Å². The van der Waals surface area contributed by atoms with Gasteiger partial charge in [-0.1, -0.05) is 19.4 Å². The molecule has 0 saturated heterocycles. The van der Waals surface area contributed by atoms with Gasteiger partial charge in [0.1, 0.15) is 0 Å². The molecule has 0 aromatic heterocycles. The zero-order valence-electron chi connectivity index (χ0n) is 16.8. The highest BCUT2D eigenvalue weighted by Crippen LogP contribution is 2.24. The highest BCUT2D eigenvalue weighted by atomic mass is 16.5. The molecule has 0 aliphatic carbocycles. The molecule has 0 unspecified atom stereocenters. The van der Waals surface area contributed by atoms with E-state index in [2.05, 4.69) is 17.0 Å². The van der Waals surface area contributed by atoms with E-state index in [9.17, 15) is 19.2 Å². The van der Waals surface area contributed by atoms with Crippen LogP contribution in [0.5, 0.6) is 0 Å². The molecule has 0 bridgehead atoms. The van der Waals surface area contributed by atoms with Crippen molar-refractivity contribution in [3.05, 3.63) is 53.1 Å². The summed E-state index contributed by atoms with van der Waals surface area (Å²) in [4.78, 5) is 46.3. The standard InChI is InChI=1S/C22H27NO5/c1-5-6-7-17-14-20(23-21(26)10-8-16(3)24)15(2)12-18(17)13-19(25)9-11-22(27)28-4/h8-12,14H,5-7,13H2,1-4H3,(H,23,26)/b10-8-,11-9-.